The van der Waals surface area contributed by atoms with E-state index in [2.05, 4.69) is 20.5 Å². The zero-order chi connectivity index (χ0) is 23.4. The lowest BCUT2D eigenvalue weighted by Crippen LogP contribution is -2.48. The van der Waals surface area contributed by atoms with E-state index in [1.54, 1.807) is 0 Å². The largest absolute Gasteiger partial charge is 0.379 e. The monoisotopic (exact) mass is 453 g/mol. The Morgan fingerprint density at radius 1 is 1.16 bits per heavy atom. The van der Waals surface area contributed by atoms with E-state index in [9.17, 15) is 13.9 Å². The molecule has 0 aliphatic rings. The number of tetrazole rings is 1. The van der Waals surface area contributed by atoms with Crippen LogP contribution in [0.5, 0.6) is 0 Å². The molecule has 2 heterocycles. The topological polar surface area (TPSA) is 86.0 Å². The minimum atomic E-state index is -4.07. The van der Waals surface area contributed by atoms with Crippen molar-refractivity contribution in [1.82, 2.24) is 25.2 Å². The standard InChI is InChI=1S/C21H23F4N5O2/c1-14(2)32-9-3-4-15-5-8-19(26-11-15)21(24,25)20(31,12-30-13-27-28-29-30)17-7-6-16(22)10-18(17)23/h5-8,10-11,13-14,31H,3-4,9,12H2,1-2H3. The van der Waals surface area contributed by atoms with Crippen molar-refractivity contribution in [2.24, 2.45) is 0 Å². The number of aryl methyl sites for hydroxylation is 1. The molecule has 0 spiro atoms. The minimum Gasteiger partial charge on any atom is -0.379 e. The van der Waals surface area contributed by atoms with Gasteiger partial charge < -0.3 is 9.84 Å². The number of ether oxygens (including phenoxy) is 1. The van der Waals surface area contributed by atoms with Gasteiger partial charge in [-0.25, -0.2) is 13.5 Å². The first-order chi connectivity index (χ1) is 15.1. The molecule has 2 aromatic heterocycles. The van der Waals surface area contributed by atoms with Gasteiger partial charge in [0.15, 0.2) is 5.60 Å². The summed E-state index contributed by atoms with van der Waals surface area (Å²) in [6, 6.07) is 4.52. The van der Waals surface area contributed by atoms with Crippen LogP contribution in [0.2, 0.25) is 0 Å². The van der Waals surface area contributed by atoms with Crippen molar-refractivity contribution in [1.29, 1.82) is 0 Å². The molecular formula is C21H23F4N5O2. The number of pyridine rings is 1. The van der Waals surface area contributed by atoms with Gasteiger partial charge in [-0.3, -0.25) is 4.98 Å². The van der Waals surface area contributed by atoms with Crippen LogP contribution in [-0.4, -0.2) is 43.0 Å². The Morgan fingerprint density at radius 3 is 2.53 bits per heavy atom. The predicted molar refractivity (Wildman–Crippen MR) is 106 cm³/mol. The Labute approximate surface area is 182 Å². The van der Waals surface area contributed by atoms with Crippen LogP contribution >= 0.6 is 0 Å². The fraction of sp³-hybridized carbons (Fsp3) is 0.429. The molecule has 11 heteroatoms. The Balaban J connectivity index is 1.91. The van der Waals surface area contributed by atoms with Crippen LogP contribution in [0.15, 0.2) is 42.9 Å². The fourth-order valence-corrected chi connectivity index (χ4v) is 3.23. The molecule has 1 unspecified atom stereocenters. The molecular weight excluding hydrogens is 430 g/mol. The zero-order valence-electron chi connectivity index (χ0n) is 17.6. The van der Waals surface area contributed by atoms with Gasteiger partial charge in [0, 0.05) is 24.4 Å². The van der Waals surface area contributed by atoms with E-state index in [-0.39, 0.29) is 6.10 Å². The summed E-state index contributed by atoms with van der Waals surface area (Å²) in [5.74, 6) is -6.37. The maximum Gasteiger partial charge on any atom is 0.323 e. The minimum absolute atomic E-state index is 0.0962. The summed E-state index contributed by atoms with van der Waals surface area (Å²) in [4.78, 5) is 3.82. The van der Waals surface area contributed by atoms with Gasteiger partial charge in [0.2, 0.25) is 0 Å². The van der Waals surface area contributed by atoms with E-state index in [1.165, 1.54) is 12.3 Å². The number of halogens is 4. The second kappa shape index (κ2) is 9.70. The first-order valence-electron chi connectivity index (χ1n) is 9.97. The number of nitrogens with zero attached hydrogens (tertiary/aromatic N) is 5. The summed E-state index contributed by atoms with van der Waals surface area (Å²) < 4.78 is 65.4. The molecule has 0 saturated carbocycles. The molecule has 0 bridgehead atoms. The normalized spacial score (nSPS) is 14.0. The predicted octanol–water partition coefficient (Wildman–Crippen LogP) is 3.38. The summed E-state index contributed by atoms with van der Waals surface area (Å²) in [6.45, 7) is 3.45. The van der Waals surface area contributed by atoms with Crippen LogP contribution in [0.25, 0.3) is 0 Å². The van der Waals surface area contributed by atoms with E-state index >= 15 is 8.78 Å². The lowest BCUT2D eigenvalue weighted by Gasteiger charge is -2.35. The number of aliphatic hydroxyl groups is 1. The first kappa shape index (κ1) is 23.7. The third-order valence-corrected chi connectivity index (χ3v) is 4.89. The number of alkyl halides is 2. The zero-order valence-corrected chi connectivity index (χ0v) is 17.6. The number of rotatable bonds is 10. The molecule has 3 aromatic rings. The maximum atomic E-state index is 15.6. The fourth-order valence-electron chi connectivity index (χ4n) is 3.23. The molecule has 0 aliphatic heterocycles. The van der Waals surface area contributed by atoms with Crippen molar-refractivity contribution >= 4 is 0 Å². The number of aromatic nitrogens is 5. The van der Waals surface area contributed by atoms with Crippen LogP contribution in [0.4, 0.5) is 17.6 Å². The van der Waals surface area contributed by atoms with Gasteiger partial charge in [-0.1, -0.05) is 6.07 Å². The van der Waals surface area contributed by atoms with Crippen molar-refractivity contribution in [2.45, 2.75) is 50.9 Å². The Bertz CT molecular complexity index is 1020. The third-order valence-electron chi connectivity index (χ3n) is 4.89. The molecule has 1 N–H and O–H groups in total. The van der Waals surface area contributed by atoms with Crippen molar-refractivity contribution in [2.75, 3.05) is 6.61 Å². The molecule has 1 aromatic carbocycles. The quantitative estimate of drug-likeness (QED) is 0.374. The Morgan fingerprint density at radius 2 is 1.94 bits per heavy atom. The first-order valence-corrected chi connectivity index (χ1v) is 9.97. The van der Waals surface area contributed by atoms with Crippen LogP contribution in [0.1, 0.15) is 37.1 Å². The van der Waals surface area contributed by atoms with Crippen molar-refractivity contribution in [3.8, 4) is 0 Å². The van der Waals surface area contributed by atoms with E-state index in [1.807, 2.05) is 13.8 Å². The maximum absolute atomic E-state index is 15.6. The molecule has 3 rings (SSSR count). The van der Waals surface area contributed by atoms with Crippen LogP contribution in [0.3, 0.4) is 0 Å². The Kier molecular flexibility index (Phi) is 7.19. The van der Waals surface area contributed by atoms with Gasteiger partial charge in [0.05, 0.1) is 12.6 Å². The van der Waals surface area contributed by atoms with Gasteiger partial charge in [0.25, 0.3) is 0 Å². The molecule has 172 valence electrons. The van der Waals surface area contributed by atoms with Gasteiger partial charge in [-0.05, 0) is 60.9 Å². The van der Waals surface area contributed by atoms with Crippen molar-refractivity contribution in [3.05, 3.63) is 71.3 Å². The summed E-state index contributed by atoms with van der Waals surface area (Å²) in [5.41, 5.74) is -4.04. The highest BCUT2D eigenvalue weighted by molar-refractivity contribution is 5.31. The molecule has 32 heavy (non-hydrogen) atoms. The third kappa shape index (κ3) is 5.10. The molecule has 7 nitrogen and oxygen atoms in total. The van der Waals surface area contributed by atoms with E-state index in [4.69, 9.17) is 4.74 Å². The average Bonchev–Trinajstić information content (AvgIpc) is 3.24. The smallest absolute Gasteiger partial charge is 0.323 e. The molecule has 0 fully saturated rings. The number of benzene rings is 1. The lowest BCUT2D eigenvalue weighted by atomic mass is 9.84. The molecule has 1 atom stereocenters. The lowest BCUT2D eigenvalue weighted by molar-refractivity contribution is -0.207. The van der Waals surface area contributed by atoms with Crippen molar-refractivity contribution in [3.63, 3.8) is 0 Å². The highest BCUT2D eigenvalue weighted by Crippen LogP contribution is 2.46. The SMILES string of the molecule is CC(C)OCCCc1ccc(C(F)(F)C(O)(Cn2cnnn2)c2ccc(F)cc2F)nc1. The van der Waals surface area contributed by atoms with Gasteiger partial charge >= 0.3 is 5.92 Å². The summed E-state index contributed by atoms with van der Waals surface area (Å²) in [6.07, 6.45) is 3.61. The molecule has 0 saturated heterocycles. The summed E-state index contributed by atoms with van der Waals surface area (Å²) in [5, 5.41) is 21.3. The van der Waals surface area contributed by atoms with E-state index in [0.29, 0.717) is 31.1 Å². The van der Waals surface area contributed by atoms with Gasteiger partial charge in [-0.2, -0.15) is 8.78 Å². The second-order valence-corrected chi connectivity index (χ2v) is 7.64. The Hall–Kier alpha value is -2.92. The van der Waals surface area contributed by atoms with Crippen LogP contribution < -0.4 is 0 Å². The van der Waals surface area contributed by atoms with E-state index in [0.717, 1.165) is 29.2 Å². The second-order valence-electron chi connectivity index (χ2n) is 7.64. The average molecular weight is 453 g/mol. The highest BCUT2D eigenvalue weighted by atomic mass is 19.3. The van der Waals surface area contributed by atoms with Crippen LogP contribution in [-0.2, 0) is 29.2 Å². The summed E-state index contributed by atoms with van der Waals surface area (Å²) >= 11 is 0. The van der Waals surface area contributed by atoms with Gasteiger partial charge in [-0.15, -0.1) is 5.10 Å². The van der Waals surface area contributed by atoms with E-state index < -0.39 is 41.0 Å². The van der Waals surface area contributed by atoms with Gasteiger partial charge in [0.1, 0.15) is 23.7 Å². The number of hydrogen-bond acceptors (Lipinski definition) is 6. The highest BCUT2D eigenvalue weighted by Gasteiger charge is 2.57. The molecule has 0 radical (unpaired) electrons. The molecule has 0 aliphatic carbocycles. The molecule has 0 amide bonds. The van der Waals surface area contributed by atoms with Crippen LogP contribution in [0, 0.1) is 11.6 Å². The number of hydrogen-bond donors (Lipinski definition) is 1. The summed E-state index contributed by atoms with van der Waals surface area (Å²) in [7, 11) is 0. The van der Waals surface area contributed by atoms with Crippen molar-refractivity contribution < 1.29 is 27.4 Å².